The van der Waals surface area contributed by atoms with E-state index in [0.717, 1.165) is 17.4 Å². The smallest absolute Gasteiger partial charge is 0.265 e. The maximum Gasteiger partial charge on any atom is 0.265 e. The molecular weight excluding hydrogens is 531 g/mol. The maximum atomic E-state index is 14.4. The second kappa shape index (κ2) is 10.7. The predicted octanol–water partition coefficient (Wildman–Crippen LogP) is 6.55. The van der Waals surface area contributed by atoms with Crippen LogP contribution >= 0.6 is 35.3 Å². The first-order chi connectivity index (χ1) is 16.9. The molecule has 12 heteroatoms. The normalized spacial score (nSPS) is 11.0. The Morgan fingerprint density at radius 2 is 2.06 bits per heavy atom. The first-order valence-corrected chi connectivity index (χ1v) is 11.9. The molecule has 7 nitrogen and oxygen atoms in total. The number of rotatable bonds is 7. The number of carbonyl (C=O) groups excluding carboxylic acids is 1. The number of nitrogens with zero attached hydrogens (tertiary/aromatic N) is 5. The molecule has 5 aromatic rings. The van der Waals surface area contributed by atoms with Gasteiger partial charge in [-0.3, -0.25) is 9.69 Å². The highest BCUT2D eigenvalue weighted by Gasteiger charge is 2.30. The molecule has 186 valence electrons. The van der Waals surface area contributed by atoms with E-state index in [4.69, 9.17) is 16.1 Å². The Balaban J connectivity index is 0.00000304. The lowest BCUT2D eigenvalue weighted by atomic mass is 10.1. The second-order valence-electron chi connectivity index (χ2n) is 7.78. The molecule has 0 fully saturated rings. The highest BCUT2D eigenvalue weighted by atomic mass is 35.5. The molecule has 0 saturated heterocycles. The highest BCUT2D eigenvalue weighted by Crippen LogP contribution is 2.35. The van der Waals surface area contributed by atoms with E-state index in [2.05, 4.69) is 15.1 Å². The van der Waals surface area contributed by atoms with Crippen LogP contribution in [0.1, 0.15) is 22.5 Å². The topological polar surface area (TPSA) is 77.0 Å². The molecule has 36 heavy (non-hydrogen) atoms. The second-order valence-corrected chi connectivity index (χ2v) is 9.20. The van der Waals surface area contributed by atoms with Crippen molar-refractivity contribution in [3.05, 3.63) is 83.1 Å². The van der Waals surface area contributed by atoms with Crippen molar-refractivity contribution in [2.24, 2.45) is 0 Å². The summed E-state index contributed by atoms with van der Waals surface area (Å²) in [5, 5.41) is 4.74. The zero-order valence-electron chi connectivity index (χ0n) is 18.8. The molecule has 0 aliphatic heterocycles. The molecule has 0 bridgehead atoms. The van der Waals surface area contributed by atoms with Crippen LogP contribution in [0.2, 0.25) is 5.02 Å². The molecule has 0 atom stereocenters. The molecule has 0 aliphatic rings. The molecule has 1 amide bonds. The van der Waals surface area contributed by atoms with Gasteiger partial charge in [-0.05, 0) is 25.5 Å². The van der Waals surface area contributed by atoms with Crippen LogP contribution in [0.25, 0.3) is 21.5 Å². The lowest BCUT2D eigenvalue weighted by molar-refractivity contribution is 0.0985. The van der Waals surface area contributed by atoms with Gasteiger partial charge in [-0.1, -0.05) is 46.3 Å². The summed E-state index contributed by atoms with van der Waals surface area (Å²) < 4.78 is 35.7. The van der Waals surface area contributed by atoms with Gasteiger partial charge in [-0.25, -0.2) is 18.7 Å². The van der Waals surface area contributed by atoms with E-state index in [9.17, 15) is 13.6 Å². The van der Waals surface area contributed by atoms with E-state index in [1.54, 1.807) is 43.7 Å². The van der Waals surface area contributed by atoms with E-state index < -0.39 is 17.5 Å². The van der Waals surface area contributed by atoms with Gasteiger partial charge in [-0.2, -0.15) is 0 Å². The van der Waals surface area contributed by atoms with Gasteiger partial charge in [0.2, 0.25) is 0 Å². The average Bonchev–Trinajstić information content (AvgIpc) is 3.57. The number of halogens is 4. The fourth-order valence-electron chi connectivity index (χ4n) is 3.77. The summed E-state index contributed by atoms with van der Waals surface area (Å²) in [6, 6.07) is 8.98. The van der Waals surface area contributed by atoms with Crippen LogP contribution in [0.3, 0.4) is 0 Å². The van der Waals surface area contributed by atoms with E-state index >= 15 is 0 Å². The van der Waals surface area contributed by atoms with Crippen LogP contribution in [0.4, 0.5) is 13.9 Å². The van der Waals surface area contributed by atoms with Crippen molar-refractivity contribution >= 4 is 56.6 Å². The van der Waals surface area contributed by atoms with Crippen molar-refractivity contribution in [2.75, 3.05) is 11.4 Å². The molecule has 5 rings (SSSR count). The summed E-state index contributed by atoms with van der Waals surface area (Å²) in [7, 11) is 0. The van der Waals surface area contributed by atoms with Crippen LogP contribution in [0, 0.1) is 18.6 Å². The van der Waals surface area contributed by atoms with Crippen molar-refractivity contribution in [1.82, 2.24) is 19.7 Å². The van der Waals surface area contributed by atoms with Gasteiger partial charge >= 0.3 is 0 Å². The van der Waals surface area contributed by atoms with E-state index in [1.807, 2.05) is 10.8 Å². The number of aryl methyl sites for hydroxylation is 2. The Hall–Kier alpha value is -3.34. The van der Waals surface area contributed by atoms with Gasteiger partial charge < -0.3 is 9.09 Å². The summed E-state index contributed by atoms with van der Waals surface area (Å²) in [5.41, 5.74) is 1.08. The SMILES string of the molecule is Cc1onc(-c2ccccc2Cl)c1C(=O)N(CCCn1ccnc1)c1nc2c(F)cc(F)cc2s1.Cl. The Bertz CT molecular complexity index is 1520. The van der Waals surface area contributed by atoms with Crippen LogP contribution < -0.4 is 4.90 Å². The molecule has 0 N–H and O–H groups in total. The van der Waals surface area contributed by atoms with Gasteiger partial charge in [0.05, 0.1) is 16.0 Å². The predicted molar refractivity (Wildman–Crippen MR) is 137 cm³/mol. The van der Waals surface area contributed by atoms with E-state index in [0.29, 0.717) is 39.7 Å². The first kappa shape index (κ1) is 25.7. The Morgan fingerprint density at radius 3 is 2.81 bits per heavy atom. The number of amides is 1. The number of hydrogen-bond acceptors (Lipinski definition) is 6. The minimum Gasteiger partial charge on any atom is -0.360 e. The van der Waals surface area contributed by atoms with Gasteiger partial charge in [0.25, 0.3) is 5.91 Å². The van der Waals surface area contributed by atoms with E-state index in [1.165, 1.54) is 11.0 Å². The van der Waals surface area contributed by atoms with Crippen molar-refractivity contribution < 1.29 is 18.1 Å². The summed E-state index contributed by atoms with van der Waals surface area (Å²) >= 11 is 7.40. The van der Waals surface area contributed by atoms with Crippen molar-refractivity contribution in [2.45, 2.75) is 19.9 Å². The van der Waals surface area contributed by atoms with Gasteiger partial charge in [-0.15, -0.1) is 12.4 Å². The minimum absolute atomic E-state index is 0. The standard InChI is InChI=1S/C24H18ClF2N5O2S.ClH/c1-14-20(21(30-34-14)16-5-2-3-6-17(16)25)23(33)32(9-4-8-31-10-7-28-13-31)24-29-22-18(27)11-15(26)12-19(22)35-24;/h2-3,5-7,10-13H,4,8-9H2,1H3;1H. The van der Waals surface area contributed by atoms with Gasteiger partial charge in [0.1, 0.15) is 28.4 Å². The zero-order chi connectivity index (χ0) is 24.5. The fourth-order valence-corrected chi connectivity index (χ4v) is 5.03. The molecule has 0 unspecified atom stereocenters. The summed E-state index contributed by atoms with van der Waals surface area (Å²) in [5.74, 6) is -1.61. The monoisotopic (exact) mass is 549 g/mol. The number of anilines is 1. The number of fused-ring (bicyclic) bond motifs is 1. The van der Waals surface area contributed by atoms with Gasteiger partial charge in [0.15, 0.2) is 10.9 Å². The largest absolute Gasteiger partial charge is 0.360 e. The molecule has 0 saturated carbocycles. The molecule has 3 aromatic heterocycles. The number of benzene rings is 2. The summed E-state index contributed by atoms with van der Waals surface area (Å²) in [6.45, 7) is 2.49. The number of hydrogen-bond donors (Lipinski definition) is 0. The highest BCUT2D eigenvalue weighted by molar-refractivity contribution is 7.22. The fraction of sp³-hybridized carbons (Fsp3) is 0.167. The van der Waals surface area contributed by atoms with E-state index in [-0.39, 0.29) is 35.2 Å². The molecule has 0 spiro atoms. The number of aromatic nitrogens is 4. The van der Waals surface area contributed by atoms with Gasteiger partial charge in [0, 0.05) is 37.1 Å². The Labute approximate surface area is 219 Å². The molecule has 3 heterocycles. The Kier molecular flexibility index (Phi) is 7.67. The molecular formula is C24H19Cl2F2N5O2S. The first-order valence-electron chi connectivity index (χ1n) is 10.7. The number of carbonyl (C=O) groups is 1. The van der Waals surface area contributed by atoms with Crippen molar-refractivity contribution in [3.8, 4) is 11.3 Å². The van der Waals surface area contributed by atoms with Crippen LogP contribution in [0.5, 0.6) is 0 Å². The molecule has 2 aromatic carbocycles. The third kappa shape index (κ3) is 4.97. The van der Waals surface area contributed by atoms with Crippen LogP contribution in [-0.2, 0) is 6.54 Å². The minimum atomic E-state index is -0.786. The molecule has 0 aliphatic carbocycles. The number of imidazole rings is 1. The quantitative estimate of drug-likeness (QED) is 0.230. The van der Waals surface area contributed by atoms with Crippen LogP contribution in [-0.4, -0.2) is 32.1 Å². The lowest BCUT2D eigenvalue weighted by Gasteiger charge is -2.20. The lowest BCUT2D eigenvalue weighted by Crippen LogP contribution is -2.33. The zero-order valence-corrected chi connectivity index (χ0v) is 21.2. The summed E-state index contributed by atoms with van der Waals surface area (Å²) in [6.07, 6.45) is 5.73. The maximum absolute atomic E-state index is 14.4. The molecule has 0 radical (unpaired) electrons. The van der Waals surface area contributed by atoms with Crippen LogP contribution in [0.15, 0.2) is 59.6 Å². The van der Waals surface area contributed by atoms with Crippen molar-refractivity contribution in [1.29, 1.82) is 0 Å². The average molecular weight is 550 g/mol. The summed E-state index contributed by atoms with van der Waals surface area (Å²) in [4.78, 5) is 23.7. The third-order valence-corrected chi connectivity index (χ3v) is 6.80. The van der Waals surface area contributed by atoms with Crippen molar-refractivity contribution in [3.63, 3.8) is 0 Å². The Morgan fingerprint density at radius 1 is 1.25 bits per heavy atom. The third-order valence-electron chi connectivity index (χ3n) is 5.44. The number of thiazole rings is 1.